The Bertz CT molecular complexity index is 767. The molecule has 1 N–H and O–H groups in total. The number of carbonyl (C=O) groups excluding carboxylic acids is 1. The Balaban J connectivity index is 2.28. The monoisotopic (exact) mass is 469 g/mol. The van der Waals surface area contributed by atoms with Crippen molar-refractivity contribution in [3.63, 3.8) is 0 Å². The van der Waals surface area contributed by atoms with Crippen LogP contribution in [0.15, 0.2) is 0 Å². The van der Waals surface area contributed by atoms with E-state index in [1.807, 2.05) is 5.32 Å². The molecular weight excluding hydrogens is 464 g/mol. The number of halogens is 11. The van der Waals surface area contributed by atoms with E-state index in [1.54, 1.807) is 0 Å². The molecular formula is C11H6Cl2F9N3OS. The van der Waals surface area contributed by atoms with Crippen LogP contribution in [0.2, 0.25) is 0 Å². The summed E-state index contributed by atoms with van der Waals surface area (Å²) in [6.07, 6.45) is -7.00. The van der Waals surface area contributed by atoms with Crippen LogP contribution in [0.3, 0.4) is 0 Å². The fourth-order valence-electron chi connectivity index (χ4n) is 1.79. The van der Waals surface area contributed by atoms with Crippen LogP contribution >= 0.6 is 34.5 Å². The van der Waals surface area contributed by atoms with Crippen LogP contribution in [0.4, 0.5) is 44.6 Å². The van der Waals surface area contributed by atoms with Crippen LogP contribution in [-0.4, -0.2) is 38.5 Å². The third-order valence-corrected chi connectivity index (χ3v) is 5.83. The van der Waals surface area contributed by atoms with E-state index in [4.69, 9.17) is 23.2 Å². The van der Waals surface area contributed by atoms with Gasteiger partial charge in [-0.25, -0.2) is 0 Å². The lowest BCUT2D eigenvalue weighted by Crippen LogP contribution is -2.59. The van der Waals surface area contributed by atoms with Gasteiger partial charge >= 0.3 is 23.9 Å². The normalized spacial score (nSPS) is 23.3. The third kappa shape index (κ3) is 3.22. The highest BCUT2D eigenvalue weighted by molar-refractivity contribution is 7.15. The van der Waals surface area contributed by atoms with Gasteiger partial charge in [0, 0.05) is 0 Å². The minimum atomic E-state index is -7.06. The smallest absolute Gasteiger partial charge is 0.300 e. The lowest BCUT2D eigenvalue weighted by atomic mass is 10.0. The van der Waals surface area contributed by atoms with E-state index in [2.05, 4.69) is 10.2 Å². The van der Waals surface area contributed by atoms with Crippen molar-refractivity contribution in [2.45, 2.75) is 41.6 Å². The molecule has 1 heterocycles. The van der Waals surface area contributed by atoms with Crippen molar-refractivity contribution in [2.24, 2.45) is 5.41 Å². The molecule has 16 heteroatoms. The molecule has 1 atom stereocenters. The first-order chi connectivity index (χ1) is 11.8. The first-order valence-corrected chi connectivity index (χ1v) is 8.12. The van der Waals surface area contributed by atoms with Crippen molar-refractivity contribution < 1.29 is 44.3 Å². The zero-order valence-electron chi connectivity index (χ0n) is 12.6. The number of hydrogen-bond acceptors (Lipinski definition) is 4. The fraction of sp³-hybridized carbons (Fsp3) is 0.727. The Morgan fingerprint density at radius 2 is 1.52 bits per heavy atom. The summed E-state index contributed by atoms with van der Waals surface area (Å²) in [7, 11) is 0. The molecule has 0 aromatic carbocycles. The molecule has 0 aliphatic heterocycles. The second kappa shape index (κ2) is 5.99. The molecule has 27 heavy (non-hydrogen) atoms. The second-order valence-corrected chi connectivity index (χ2v) is 8.26. The van der Waals surface area contributed by atoms with E-state index in [-0.39, 0.29) is 6.42 Å². The average molecular weight is 470 g/mol. The second-order valence-electron chi connectivity index (χ2n) is 5.80. The Morgan fingerprint density at radius 3 is 1.93 bits per heavy atom. The summed E-state index contributed by atoms with van der Waals surface area (Å²) >= 11 is 10.9. The van der Waals surface area contributed by atoms with Crippen molar-refractivity contribution in [3.05, 3.63) is 5.01 Å². The molecule has 2 rings (SSSR count). The molecule has 1 amide bonds. The SMILES string of the molecule is CC1(C(=O)Nc2nnc(C(F)(F)C(F)(F)C(F)(F)C(F)(F)F)s2)CC1(Cl)Cl. The summed E-state index contributed by atoms with van der Waals surface area (Å²) in [5, 5.41) is 4.24. The van der Waals surface area contributed by atoms with Crippen LogP contribution in [0.1, 0.15) is 18.4 Å². The Morgan fingerprint density at radius 1 is 1.04 bits per heavy atom. The average Bonchev–Trinajstić information content (AvgIpc) is 2.84. The summed E-state index contributed by atoms with van der Waals surface area (Å²) in [6.45, 7) is 1.27. The van der Waals surface area contributed by atoms with Crippen LogP contribution in [0, 0.1) is 5.41 Å². The van der Waals surface area contributed by atoms with Crippen molar-refractivity contribution in [2.75, 3.05) is 5.32 Å². The number of anilines is 1. The van der Waals surface area contributed by atoms with E-state index >= 15 is 0 Å². The number of aromatic nitrogens is 2. The van der Waals surface area contributed by atoms with Gasteiger partial charge in [0.25, 0.3) is 0 Å². The molecule has 0 spiro atoms. The van der Waals surface area contributed by atoms with Crippen molar-refractivity contribution in [1.29, 1.82) is 0 Å². The van der Waals surface area contributed by atoms with Gasteiger partial charge < -0.3 is 0 Å². The predicted molar refractivity (Wildman–Crippen MR) is 75.5 cm³/mol. The van der Waals surface area contributed by atoms with E-state index in [0.29, 0.717) is 0 Å². The van der Waals surface area contributed by atoms with Gasteiger partial charge in [-0.05, 0) is 13.3 Å². The zero-order valence-corrected chi connectivity index (χ0v) is 14.9. The number of rotatable bonds is 5. The lowest BCUT2D eigenvalue weighted by Gasteiger charge is -2.32. The molecule has 1 aromatic heterocycles. The number of amides is 1. The maximum Gasteiger partial charge on any atom is 0.460 e. The van der Waals surface area contributed by atoms with Crippen LogP contribution < -0.4 is 5.32 Å². The third-order valence-electron chi connectivity index (χ3n) is 3.82. The van der Waals surface area contributed by atoms with Crippen LogP contribution in [-0.2, 0) is 10.7 Å². The predicted octanol–water partition coefficient (Wildman–Crippen LogP) is 4.99. The van der Waals surface area contributed by atoms with Crippen molar-refractivity contribution >= 4 is 45.6 Å². The molecule has 0 bridgehead atoms. The standard InChI is InChI=1S/C11H6Cl2F9N3OS/c1-6(2-7(6,12)13)3(26)23-5-25-24-4(27-5)8(14,15)9(16,17)10(18,19)11(20,21)22/h2H2,1H3,(H,23,25,26). The quantitative estimate of drug-likeness (QED) is 0.488. The number of alkyl halides is 11. The van der Waals surface area contributed by atoms with Crippen LogP contribution in [0.5, 0.6) is 0 Å². The maximum atomic E-state index is 13.7. The zero-order chi connectivity index (χ0) is 21.3. The van der Waals surface area contributed by atoms with Gasteiger partial charge in [0.1, 0.15) is 4.33 Å². The first kappa shape index (κ1) is 22.3. The van der Waals surface area contributed by atoms with Gasteiger partial charge in [-0.3, -0.25) is 10.1 Å². The number of nitrogens with one attached hydrogen (secondary N) is 1. The number of carbonyl (C=O) groups is 1. The van der Waals surface area contributed by atoms with E-state index in [9.17, 15) is 44.3 Å². The molecule has 4 nitrogen and oxygen atoms in total. The van der Waals surface area contributed by atoms with Gasteiger partial charge in [-0.15, -0.1) is 33.4 Å². The minimum absolute atomic E-state index is 0.0490. The molecule has 1 saturated carbocycles. The molecule has 1 fully saturated rings. The maximum absolute atomic E-state index is 13.7. The van der Waals surface area contributed by atoms with E-state index in [0.717, 1.165) is 0 Å². The number of nitrogens with zero attached hydrogens (tertiary/aromatic N) is 2. The van der Waals surface area contributed by atoms with Gasteiger partial charge in [0.05, 0.1) is 5.41 Å². The highest BCUT2D eigenvalue weighted by Crippen LogP contribution is 2.64. The van der Waals surface area contributed by atoms with Gasteiger partial charge in [0.15, 0.2) is 5.01 Å². The molecule has 154 valence electrons. The molecule has 1 aliphatic rings. The Kier molecular flexibility index (Phi) is 4.94. The summed E-state index contributed by atoms with van der Waals surface area (Å²) in [6, 6.07) is 0. The molecule has 1 aliphatic carbocycles. The highest BCUT2D eigenvalue weighted by Gasteiger charge is 2.83. The fourth-order valence-corrected chi connectivity index (χ4v) is 3.24. The molecule has 0 saturated heterocycles. The van der Waals surface area contributed by atoms with Gasteiger partial charge in [-0.1, -0.05) is 11.3 Å². The van der Waals surface area contributed by atoms with E-state index < -0.39 is 61.1 Å². The van der Waals surface area contributed by atoms with Gasteiger partial charge in [-0.2, -0.15) is 39.5 Å². The van der Waals surface area contributed by atoms with Crippen molar-refractivity contribution in [1.82, 2.24) is 10.2 Å². The largest absolute Gasteiger partial charge is 0.460 e. The molecule has 1 unspecified atom stereocenters. The van der Waals surface area contributed by atoms with Gasteiger partial charge in [0.2, 0.25) is 11.0 Å². The highest BCUT2D eigenvalue weighted by atomic mass is 35.5. The lowest BCUT2D eigenvalue weighted by molar-refractivity contribution is -0.399. The number of hydrogen-bond donors (Lipinski definition) is 1. The topological polar surface area (TPSA) is 54.9 Å². The molecule has 0 radical (unpaired) electrons. The molecule has 1 aromatic rings. The minimum Gasteiger partial charge on any atom is -0.300 e. The van der Waals surface area contributed by atoms with Crippen LogP contribution in [0.25, 0.3) is 0 Å². The summed E-state index contributed by atoms with van der Waals surface area (Å²) in [4.78, 5) is 11.9. The van der Waals surface area contributed by atoms with E-state index in [1.165, 1.54) is 6.92 Å². The first-order valence-electron chi connectivity index (χ1n) is 6.55. The van der Waals surface area contributed by atoms with Crippen molar-refractivity contribution in [3.8, 4) is 0 Å². The Hall–Kier alpha value is -1.02. The summed E-state index contributed by atoms with van der Waals surface area (Å²) < 4.78 is 115. The Labute approximate surface area is 158 Å². The summed E-state index contributed by atoms with van der Waals surface area (Å²) in [5.74, 6) is -20.9. The summed E-state index contributed by atoms with van der Waals surface area (Å²) in [5.41, 5.74) is -1.38.